The Bertz CT molecular complexity index is 589. The van der Waals surface area contributed by atoms with Crippen molar-refractivity contribution >= 4 is 23.2 Å². The minimum atomic E-state index is -0.597. The van der Waals surface area contributed by atoms with E-state index in [9.17, 15) is 9.59 Å². The molecule has 4 N–H and O–H groups in total. The Hall–Kier alpha value is -1.96. The predicted octanol–water partition coefficient (Wildman–Crippen LogP) is 1.27. The molecule has 1 heterocycles. The fourth-order valence-corrected chi connectivity index (χ4v) is 2.41. The molecule has 0 bridgehead atoms. The van der Waals surface area contributed by atoms with E-state index >= 15 is 0 Å². The average molecular weight is 348 g/mol. The molecule has 0 radical (unpaired) electrons. The average Bonchev–Trinajstić information content (AvgIpc) is 2.56. The lowest BCUT2D eigenvalue weighted by molar-refractivity contribution is -0.119. The molecule has 0 aliphatic carbocycles. The molecule has 1 aromatic carbocycles. The number of morpholine rings is 1. The van der Waals surface area contributed by atoms with Crippen molar-refractivity contribution in [3.63, 3.8) is 0 Å². The molecule has 1 fully saturated rings. The summed E-state index contributed by atoms with van der Waals surface area (Å²) in [5, 5.41) is 5.65. The zero-order chi connectivity index (χ0) is 18.4. The molecular weight excluding hydrogens is 320 g/mol. The van der Waals surface area contributed by atoms with E-state index in [2.05, 4.69) is 15.5 Å². The molecule has 2 amide bonds. The van der Waals surface area contributed by atoms with Gasteiger partial charge in [0, 0.05) is 24.5 Å². The number of amides is 2. The molecule has 1 atom stereocenters. The van der Waals surface area contributed by atoms with Crippen LogP contribution in [-0.2, 0) is 14.3 Å². The highest BCUT2D eigenvalue weighted by atomic mass is 16.5. The first-order valence-corrected chi connectivity index (χ1v) is 8.52. The van der Waals surface area contributed by atoms with E-state index in [0.717, 1.165) is 13.1 Å². The van der Waals surface area contributed by atoms with Gasteiger partial charge in [-0.15, -0.1) is 0 Å². The van der Waals surface area contributed by atoms with Crippen LogP contribution in [-0.4, -0.2) is 55.6 Å². The summed E-state index contributed by atoms with van der Waals surface area (Å²) in [6.45, 7) is 8.98. The lowest BCUT2D eigenvalue weighted by atomic mass is 9.87. The number of ether oxygens (including phenoxy) is 1. The lowest BCUT2D eigenvalue weighted by Gasteiger charge is -2.26. The molecule has 7 heteroatoms. The van der Waals surface area contributed by atoms with Gasteiger partial charge in [-0.3, -0.25) is 14.5 Å². The van der Waals surface area contributed by atoms with Crippen LogP contribution in [0.1, 0.15) is 20.8 Å². The summed E-state index contributed by atoms with van der Waals surface area (Å²) in [4.78, 5) is 26.2. The Morgan fingerprint density at radius 1 is 1.12 bits per heavy atom. The van der Waals surface area contributed by atoms with Crippen LogP contribution in [0.3, 0.4) is 0 Å². The highest BCUT2D eigenvalue weighted by Crippen LogP contribution is 2.20. The summed E-state index contributed by atoms with van der Waals surface area (Å²) >= 11 is 0. The maximum Gasteiger partial charge on any atom is 0.241 e. The molecule has 7 nitrogen and oxygen atoms in total. The molecule has 0 aromatic heterocycles. The first-order valence-electron chi connectivity index (χ1n) is 8.52. The van der Waals surface area contributed by atoms with Crippen molar-refractivity contribution in [2.24, 2.45) is 11.1 Å². The number of rotatable bonds is 5. The SMILES string of the molecule is CC(C)(C)[C@H](N)C(=O)Nc1ccc(NC(=O)CN2CCOCC2)cc1. The highest BCUT2D eigenvalue weighted by molar-refractivity contribution is 5.96. The number of nitrogens with zero attached hydrogens (tertiary/aromatic N) is 1. The first kappa shape index (κ1) is 19.4. The molecule has 25 heavy (non-hydrogen) atoms. The van der Waals surface area contributed by atoms with Gasteiger partial charge in [-0.1, -0.05) is 20.8 Å². The molecule has 0 saturated carbocycles. The topological polar surface area (TPSA) is 96.7 Å². The number of carbonyl (C=O) groups is 2. The van der Waals surface area contributed by atoms with Gasteiger partial charge in [0.1, 0.15) is 0 Å². The van der Waals surface area contributed by atoms with Crippen molar-refractivity contribution in [2.75, 3.05) is 43.5 Å². The first-order chi connectivity index (χ1) is 11.8. The molecule has 0 unspecified atom stereocenters. The van der Waals surface area contributed by atoms with E-state index in [-0.39, 0.29) is 17.2 Å². The van der Waals surface area contributed by atoms with E-state index in [1.807, 2.05) is 20.8 Å². The Morgan fingerprint density at radius 2 is 1.64 bits per heavy atom. The lowest BCUT2D eigenvalue weighted by Crippen LogP contribution is -2.45. The Labute approximate surface area is 148 Å². The standard InChI is InChI=1S/C18H28N4O3/c1-18(2,3)16(19)17(24)21-14-6-4-13(5-7-14)20-15(23)12-22-8-10-25-11-9-22/h4-7,16H,8-12,19H2,1-3H3,(H,20,23)(H,21,24)/t16-/m1/s1. The molecule has 138 valence electrons. The maximum absolute atomic E-state index is 12.1. The van der Waals surface area contributed by atoms with Crippen LogP contribution in [0.15, 0.2) is 24.3 Å². The van der Waals surface area contributed by atoms with Crippen LogP contribution in [0.25, 0.3) is 0 Å². The van der Waals surface area contributed by atoms with Gasteiger partial charge < -0.3 is 21.1 Å². The van der Waals surface area contributed by atoms with Crippen LogP contribution in [0.2, 0.25) is 0 Å². The number of hydrogen-bond donors (Lipinski definition) is 3. The Balaban J connectivity index is 1.84. The molecule has 0 spiro atoms. The quantitative estimate of drug-likeness (QED) is 0.745. The molecule has 1 aliphatic rings. The number of benzene rings is 1. The van der Waals surface area contributed by atoms with E-state index in [4.69, 9.17) is 10.5 Å². The number of anilines is 2. The normalized spacial score (nSPS) is 17.0. The number of nitrogens with one attached hydrogen (secondary N) is 2. The summed E-state index contributed by atoms with van der Waals surface area (Å²) in [5.41, 5.74) is 6.98. The second-order valence-electron chi connectivity index (χ2n) is 7.35. The number of carbonyl (C=O) groups excluding carboxylic acids is 2. The van der Waals surface area contributed by atoms with E-state index < -0.39 is 6.04 Å². The van der Waals surface area contributed by atoms with E-state index in [0.29, 0.717) is 31.1 Å². The van der Waals surface area contributed by atoms with Crippen molar-refractivity contribution < 1.29 is 14.3 Å². The van der Waals surface area contributed by atoms with Gasteiger partial charge in [0.2, 0.25) is 11.8 Å². The van der Waals surface area contributed by atoms with Crippen LogP contribution in [0.4, 0.5) is 11.4 Å². The third-order valence-electron chi connectivity index (χ3n) is 4.12. The summed E-state index contributed by atoms with van der Waals surface area (Å²) in [6.07, 6.45) is 0. The van der Waals surface area contributed by atoms with Crippen molar-refractivity contribution in [2.45, 2.75) is 26.8 Å². The third-order valence-corrected chi connectivity index (χ3v) is 4.12. The summed E-state index contributed by atoms with van der Waals surface area (Å²) in [7, 11) is 0. The van der Waals surface area contributed by atoms with Gasteiger partial charge in [0.15, 0.2) is 0 Å². The van der Waals surface area contributed by atoms with Crippen molar-refractivity contribution in [1.82, 2.24) is 4.90 Å². The fraction of sp³-hybridized carbons (Fsp3) is 0.556. The van der Waals surface area contributed by atoms with Crippen LogP contribution in [0, 0.1) is 5.41 Å². The molecule has 1 aliphatic heterocycles. The summed E-state index contributed by atoms with van der Waals surface area (Å²) in [5.74, 6) is -0.287. The number of hydrogen-bond acceptors (Lipinski definition) is 5. The van der Waals surface area contributed by atoms with E-state index in [1.165, 1.54) is 0 Å². The minimum Gasteiger partial charge on any atom is -0.379 e. The monoisotopic (exact) mass is 348 g/mol. The van der Waals surface area contributed by atoms with E-state index in [1.54, 1.807) is 24.3 Å². The van der Waals surface area contributed by atoms with Gasteiger partial charge in [-0.2, -0.15) is 0 Å². The second kappa shape index (κ2) is 8.42. The number of nitrogens with two attached hydrogens (primary N) is 1. The zero-order valence-corrected chi connectivity index (χ0v) is 15.2. The Kier molecular flexibility index (Phi) is 6.52. The van der Waals surface area contributed by atoms with Crippen LogP contribution >= 0.6 is 0 Å². The molecular formula is C18H28N4O3. The third kappa shape index (κ3) is 6.12. The maximum atomic E-state index is 12.1. The van der Waals surface area contributed by atoms with Gasteiger partial charge >= 0.3 is 0 Å². The molecule has 1 saturated heterocycles. The van der Waals surface area contributed by atoms with Crippen LogP contribution in [0.5, 0.6) is 0 Å². The Morgan fingerprint density at radius 3 is 2.16 bits per heavy atom. The molecule has 2 rings (SSSR count). The van der Waals surface area contributed by atoms with Gasteiger partial charge in [0.05, 0.1) is 25.8 Å². The van der Waals surface area contributed by atoms with Crippen molar-refractivity contribution in [1.29, 1.82) is 0 Å². The van der Waals surface area contributed by atoms with Crippen molar-refractivity contribution in [3.8, 4) is 0 Å². The van der Waals surface area contributed by atoms with Gasteiger partial charge in [-0.25, -0.2) is 0 Å². The highest BCUT2D eigenvalue weighted by Gasteiger charge is 2.27. The second-order valence-corrected chi connectivity index (χ2v) is 7.35. The summed E-state index contributed by atoms with van der Waals surface area (Å²) < 4.78 is 5.27. The van der Waals surface area contributed by atoms with Gasteiger partial charge in [-0.05, 0) is 29.7 Å². The van der Waals surface area contributed by atoms with Crippen LogP contribution < -0.4 is 16.4 Å². The predicted molar refractivity (Wildman–Crippen MR) is 98.4 cm³/mol. The smallest absolute Gasteiger partial charge is 0.241 e. The van der Waals surface area contributed by atoms with Gasteiger partial charge in [0.25, 0.3) is 0 Å². The van der Waals surface area contributed by atoms with Crippen molar-refractivity contribution in [3.05, 3.63) is 24.3 Å². The zero-order valence-electron chi connectivity index (χ0n) is 15.2. The fourth-order valence-electron chi connectivity index (χ4n) is 2.41. The summed E-state index contributed by atoms with van der Waals surface area (Å²) in [6, 6.07) is 6.42. The molecule has 1 aromatic rings. The largest absolute Gasteiger partial charge is 0.379 e. The minimum absolute atomic E-state index is 0.0616.